The van der Waals surface area contributed by atoms with Crippen molar-refractivity contribution in [3.63, 3.8) is 0 Å². The third kappa shape index (κ3) is 5.63. The minimum atomic E-state index is -0.379. The molecule has 0 bridgehead atoms. The second-order valence-electron chi connectivity index (χ2n) is 21.7. The maximum atomic E-state index is 12.6. The van der Waals surface area contributed by atoms with E-state index in [0.29, 0.717) is 11.3 Å². The Bertz CT molecular complexity index is 4610. The second-order valence-corrected chi connectivity index (χ2v) is 21.7. The molecule has 0 amide bonds. The molecule has 0 radical (unpaired) electrons. The molecule has 4 aliphatic carbocycles. The summed E-state index contributed by atoms with van der Waals surface area (Å²) >= 11 is 0. The first kappa shape index (κ1) is 43.2. The molecule has 0 N–H and O–H groups in total. The van der Waals surface area contributed by atoms with Crippen molar-refractivity contribution in [2.45, 2.75) is 23.7 Å². The van der Waals surface area contributed by atoms with Crippen molar-refractivity contribution >= 4 is 48.8 Å². The Morgan fingerprint density at radius 2 is 0.551 bits per heavy atom. The van der Waals surface area contributed by atoms with Gasteiger partial charge in [-0.2, -0.15) is 5.26 Å². The summed E-state index contributed by atoms with van der Waals surface area (Å²) in [5.41, 5.74) is 24.2. The van der Waals surface area contributed by atoms with Gasteiger partial charge in [-0.3, -0.25) is 0 Å². The average Bonchev–Trinajstić information content (AvgIpc) is 4.38. The van der Waals surface area contributed by atoms with Crippen LogP contribution in [-0.2, 0) is 0 Å². The molecule has 0 aliphatic heterocycles. The third-order valence-corrected chi connectivity index (χ3v) is 18.3. The summed E-state index contributed by atoms with van der Waals surface area (Å²) in [6.07, 6.45) is 0. The van der Waals surface area contributed by atoms with Crippen LogP contribution in [-0.4, -0.2) is 0 Å². The van der Waals surface area contributed by atoms with Gasteiger partial charge in [0, 0.05) is 23.7 Å². The molecule has 358 valence electrons. The number of nitrogens with zero attached hydrogens (tertiary/aromatic N) is 2. The van der Waals surface area contributed by atoms with E-state index in [1.807, 2.05) is 0 Å². The molecule has 0 fully saturated rings. The fraction of sp³-hybridized carbons (Fsp3) is 0.0526. The van der Waals surface area contributed by atoms with Crippen molar-refractivity contribution in [1.82, 2.24) is 0 Å². The molecule has 4 atom stereocenters. The van der Waals surface area contributed by atoms with Crippen molar-refractivity contribution < 1.29 is 0 Å². The second kappa shape index (κ2) is 16.2. The van der Waals surface area contributed by atoms with Gasteiger partial charge in [-0.15, -0.1) is 0 Å². The van der Waals surface area contributed by atoms with Gasteiger partial charge in [-0.25, -0.2) is 4.85 Å². The molecule has 78 heavy (non-hydrogen) atoms. The van der Waals surface area contributed by atoms with E-state index in [0.717, 1.165) is 44.5 Å². The Balaban J connectivity index is 1.12. The van der Waals surface area contributed by atoms with Crippen molar-refractivity contribution in [2.24, 2.45) is 0 Å². The summed E-state index contributed by atoms with van der Waals surface area (Å²) in [4.78, 5) is 4.81. The highest BCUT2D eigenvalue weighted by Gasteiger charge is 2.47. The van der Waals surface area contributed by atoms with Gasteiger partial charge in [0.2, 0.25) is 5.69 Å². The minimum absolute atomic E-state index is 0.321. The predicted molar refractivity (Wildman–Crippen MR) is 319 cm³/mol. The van der Waals surface area contributed by atoms with Crippen LogP contribution in [0.4, 0.5) is 5.69 Å². The molecule has 0 saturated heterocycles. The Morgan fingerprint density at radius 3 is 0.872 bits per heavy atom. The third-order valence-electron chi connectivity index (χ3n) is 18.3. The standard InChI is InChI=1S/C76H44N2/c1-78-76-63(42-77)72(68-55-30-14-10-26-51(55)64-47-22-6-2-18-43(47)34-38-59(64)68)73(69-56-31-15-11-27-52(56)65-48-23-7-3-19-44(48)35-39-60(65)69)74(70-57-32-16-12-28-53(57)66-49-24-8-4-20-45(49)36-40-61(66)70)75(76)71-58-33-17-13-29-54(58)67-50-25-9-5-21-46(50)37-41-62(67)71/h2-41,68-71H. The van der Waals surface area contributed by atoms with Crippen LogP contribution in [0.1, 0.15) is 96.0 Å². The van der Waals surface area contributed by atoms with E-state index in [9.17, 15) is 11.8 Å². The van der Waals surface area contributed by atoms with Crippen LogP contribution < -0.4 is 0 Å². The smallest absolute Gasteiger partial charge is 0.209 e. The predicted octanol–water partition coefficient (Wildman–Crippen LogP) is 19.4. The molecule has 4 unspecified atom stereocenters. The lowest BCUT2D eigenvalue weighted by Gasteiger charge is -2.35. The van der Waals surface area contributed by atoms with Crippen molar-refractivity contribution in [3.8, 4) is 50.6 Å². The van der Waals surface area contributed by atoms with Crippen LogP contribution in [0.2, 0.25) is 0 Å². The van der Waals surface area contributed by atoms with E-state index in [1.165, 1.54) is 110 Å². The van der Waals surface area contributed by atoms with Crippen LogP contribution in [0.25, 0.3) is 92.4 Å². The van der Waals surface area contributed by atoms with Gasteiger partial charge in [-0.05, 0) is 154 Å². The summed E-state index contributed by atoms with van der Waals surface area (Å²) < 4.78 is 0. The van der Waals surface area contributed by atoms with Crippen LogP contribution in [0.15, 0.2) is 243 Å². The molecule has 13 aromatic rings. The fourth-order valence-corrected chi connectivity index (χ4v) is 15.4. The van der Waals surface area contributed by atoms with Crippen molar-refractivity contribution in [1.29, 1.82) is 5.26 Å². The van der Waals surface area contributed by atoms with Gasteiger partial charge in [0.05, 0.1) is 18.2 Å². The van der Waals surface area contributed by atoms with E-state index < -0.39 is 0 Å². The molecule has 13 aromatic carbocycles. The van der Waals surface area contributed by atoms with Gasteiger partial charge < -0.3 is 0 Å². The first-order chi connectivity index (χ1) is 38.7. The summed E-state index contributed by atoms with van der Waals surface area (Å²) in [5, 5.41) is 22.1. The Kier molecular flexibility index (Phi) is 8.96. The molecular formula is C76H44N2. The summed E-state index contributed by atoms with van der Waals surface area (Å²) in [7, 11) is 0. The first-order valence-electron chi connectivity index (χ1n) is 27.1. The Labute approximate surface area is 452 Å². The molecule has 2 heteroatoms. The quantitative estimate of drug-likeness (QED) is 0.162. The fourth-order valence-electron chi connectivity index (χ4n) is 15.4. The summed E-state index contributed by atoms with van der Waals surface area (Å²) in [5.74, 6) is -1.40. The highest BCUT2D eigenvalue weighted by molar-refractivity contribution is 6.08. The lowest BCUT2D eigenvalue weighted by Crippen LogP contribution is -2.20. The zero-order valence-corrected chi connectivity index (χ0v) is 42.3. The van der Waals surface area contributed by atoms with E-state index in [2.05, 4.69) is 249 Å². The zero-order chi connectivity index (χ0) is 51.3. The first-order valence-corrected chi connectivity index (χ1v) is 27.1. The van der Waals surface area contributed by atoms with Crippen molar-refractivity contribution in [3.05, 3.63) is 326 Å². The van der Waals surface area contributed by atoms with Crippen LogP contribution in [0.3, 0.4) is 0 Å². The lowest BCUT2D eigenvalue weighted by atomic mass is 9.67. The number of nitriles is 1. The van der Waals surface area contributed by atoms with Crippen LogP contribution >= 0.6 is 0 Å². The maximum Gasteiger partial charge on any atom is 0.209 e. The number of fused-ring (bicyclic) bond motifs is 20. The highest BCUT2D eigenvalue weighted by Crippen LogP contribution is 2.65. The van der Waals surface area contributed by atoms with Crippen molar-refractivity contribution in [2.75, 3.05) is 0 Å². The van der Waals surface area contributed by atoms with Gasteiger partial charge >= 0.3 is 0 Å². The molecule has 2 nitrogen and oxygen atoms in total. The van der Waals surface area contributed by atoms with Crippen LogP contribution in [0.5, 0.6) is 0 Å². The van der Waals surface area contributed by atoms with E-state index in [4.69, 9.17) is 4.85 Å². The molecule has 0 heterocycles. The Hall–Kier alpha value is -10.1. The normalized spacial score (nSPS) is 16.7. The van der Waals surface area contributed by atoms with Gasteiger partial charge in [0.15, 0.2) is 0 Å². The van der Waals surface area contributed by atoms with Crippen LogP contribution in [0, 0.1) is 17.9 Å². The lowest BCUT2D eigenvalue weighted by molar-refractivity contribution is 0.846. The maximum absolute atomic E-state index is 12.6. The van der Waals surface area contributed by atoms with Gasteiger partial charge in [0.25, 0.3) is 0 Å². The van der Waals surface area contributed by atoms with E-state index in [1.54, 1.807) is 0 Å². The number of hydrogen-bond donors (Lipinski definition) is 0. The van der Waals surface area contributed by atoms with Gasteiger partial charge in [-0.1, -0.05) is 243 Å². The largest absolute Gasteiger partial charge is 0.236 e. The molecule has 0 aromatic heterocycles. The number of rotatable bonds is 4. The Morgan fingerprint density at radius 1 is 0.282 bits per heavy atom. The molecule has 0 saturated carbocycles. The highest BCUT2D eigenvalue weighted by atomic mass is 14.7. The van der Waals surface area contributed by atoms with E-state index in [-0.39, 0.29) is 23.7 Å². The molecular weight excluding hydrogens is 941 g/mol. The SMILES string of the molecule is [C-]#[N+]c1c(C#N)c(C2c3ccccc3-c3c2ccc2ccccc32)c(C2c3ccccc3-c3c2ccc2ccccc32)c(C2c3ccccc3-c3c2ccc2ccccc32)c1C1c2ccccc2-c2c1ccc1ccccc21. The topological polar surface area (TPSA) is 28.1 Å². The molecule has 4 aliphatic rings. The minimum Gasteiger partial charge on any atom is -0.236 e. The zero-order valence-electron chi connectivity index (χ0n) is 42.3. The summed E-state index contributed by atoms with van der Waals surface area (Å²) in [6, 6.07) is 92.4. The molecule has 0 spiro atoms. The van der Waals surface area contributed by atoms with E-state index >= 15 is 0 Å². The summed E-state index contributed by atoms with van der Waals surface area (Å²) in [6.45, 7) is 9.80. The number of hydrogen-bond acceptors (Lipinski definition) is 1. The molecule has 17 rings (SSSR count). The number of benzene rings is 13. The monoisotopic (exact) mass is 984 g/mol. The average molecular weight is 985 g/mol. The van der Waals surface area contributed by atoms with Gasteiger partial charge in [0.1, 0.15) is 0 Å².